The lowest BCUT2D eigenvalue weighted by Crippen LogP contribution is -2.33. The molecule has 0 spiro atoms. The molecular formula is C18H21FN2O2. The van der Waals surface area contributed by atoms with E-state index in [1.807, 2.05) is 43.1 Å². The van der Waals surface area contributed by atoms with Gasteiger partial charge in [0.25, 0.3) is 0 Å². The second kappa shape index (κ2) is 8.29. The Morgan fingerprint density at radius 1 is 1.22 bits per heavy atom. The predicted molar refractivity (Wildman–Crippen MR) is 89.2 cm³/mol. The highest BCUT2D eigenvalue weighted by molar-refractivity contribution is 5.92. The van der Waals surface area contributed by atoms with Crippen LogP contribution in [0.5, 0.6) is 5.75 Å². The minimum absolute atomic E-state index is 0.186. The summed E-state index contributed by atoms with van der Waals surface area (Å²) in [6, 6.07) is 13.7. The van der Waals surface area contributed by atoms with E-state index in [2.05, 4.69) is 5.32 Å². The summed E-state index contributed by atoms with van der Waals surface area (Å²) >= 11 is 0. The fraction of sp³-hybridized carbons (Fsp3) is 0.278. The van der Waals surface area contributed by atoms with E-state index in [0.717, 1.165) is 11.3 Å². The smallest absolute Gasteiger partial charge is 0.238 e. The number of aryl methyl sites for hydroxylation is 1. The molecule has 0 heterocycles. The van der Waals surface area contributed by atoms with Crippen molar-refractivity contribution in [3.8, 4) is 5.75 Å². The largest absolute Gasteiger partial charge is 0.492 e. The first-order chi connectivity index (χ1) is 11.0. The average Bonchev–Trinajstić information content (AvgIpc) is 2.49. The van der Waals surface area contributed by atoms with Crippen molar-refractivity contribution in [1.29, 1.82) is 0 Å². The number of nitrogens with one attached hydrogen (secondary N) is 1. The maximum Gasteiger partial charge on any atom is 0.238 e. The standard InChI is InChI=1S/C18H21FN2O2/c1-14-6-3-4-9-17(14)23-11-10-21(2)13-18(22)20-16-8-5-7-15(19)12-16/h3-9,12H,10-11,13H2,1-2H3,(H,20,22). The number of halogens is 1. The normalized spacial score (nSPS) is 10.6. The van der Waals surface area contributed by atoms with Crippen LogP contribution in [0.1, 0.15) is 5.56 Å². The Balaban J connectivity index is 1.73. The lowest BCUT2D eigenvalue weighted by molar-refractivity contribution is -0.117. The van der Waals surface area contributed by atoms with Crippen LogP contribution in [0.15, 0.2) is 48.5 Å². The van der Waals surface area contributed by atoms with E-state index in [-0.39, 0.29) is 18.3 Å². The highest BCUT2D eigenvalue weighted by Crippen LogP contribution is 2.15. The van der Waals surface area contributed by atoms with Crippen molar-refractivity contribution in [3.05, 3.63) is 59.9 Å². The molecule has 5 heteroatoms. The lowest BCUT2D eigenvalue weighted by atomic mass is 10.2. The van der Waals surface area contributed by atoms with Crippen LogP contribution in [0, 0.1) is 12.7 Å². The monoisotopic (exact) mass is 316 g/mol. The first-order valence-electron chi connectivity index (χ1n) is 7.47. The number of hydrogen-bond acceptors (Lipinski definition) is 3. The van der Waals surface area contributed by atoms with Crippen molar-refractivity contribution in [2.24, 2.45) is 0 Å². The van der Waals surface area contributed by atoms with Crippen molar-refractivity contribution in [2.45, 2.75) is 6.92 Å². The number of benzene rings is 2. The highest BCUT2D eigenvalue weighted by atomic mass is 19.1. The van der Waals surface area contributed by atoms with Gasteiger partial charge in [0, 0.05) is 12.2 Å². The van der Waals surface area contributed by atoms with Crippen LogP contribution >= 0.6 is 0 Å². The molecule has 2 aromatic rings. The van der Waals surface area contributed by atoms with E-state index in [1.165, 1.54) is 12.1 Å². The summed E-state index contributed by atoms with van der Waals surface area (Å²) in [5.41, 5.74) is 1.54. The molecule has 0 aliphatic rings. The zero-order valence-corrected chi connectivity index (χ0v) is 13.4. The maximum atomic E-state index is 13.1. The molecule has 0 aliphatic heterocycles. The molecule has 23 heavy (non-hydrogen) atoms. The number of anilines is 1. The van der Waals surface area contributed by atoms with Crippen molar-refractivity contribution in [3.63, 3.8) is 0 Å². The molecule has 0 aromatic heterocycles. The molecule has 0 bridgehead atoms. The molecule has 0 saturated carbocycles. The quantitative estimate of drug-likeness (QED) is 0.853. The molecule has 0 saturated heterocycles. The molecule has 1 N–H and O–H groups in total. The molecule has 122 valence electrons. The van der Waals surface area contributed by atoms with E-state index >= 15 is 0 Å². The molecule has 4 nitrogen and oxygen atoms in total. The van der Waals surface area contributed by atoms with Gasteiger partial charge in [-0.2, -0.15) is 0 Å². The van der Waals surface area contributed by atoms with Gasteiger partial charge in [-0.1, -0.05) is 24.3 Å². The third kappa shape index (κ3) is 5.71. The average molecular weight is 316 g/mol. The Kier molecular flexibility index (Phi) is 6.11. The van der Waals surface area contributed by atoms with Gasteiger partial charge in [-0.3, -0.25) is 9.69 Å². The summed E-state index contributed by atoms with van der Waals surface area (Å²) < 4.78 is 18.8. The Labute approximate surface area is 135 Å². The fourth-order valence-electron chi connectivity index (χ4n) is 2.12. The summed E-state index contributed by atoms with van der Waals surface area (Å²) in [7, 11) is 1.84. The topological polar surface area (TPSA) is 41.6 Å². The maximum absolute atomic E-state index is 13.1. The number of para-hydroxylation sites is 1. The molecule has 0 unspecified atom stereocenters. The Hall–Kier alpha value is -2.40. The zero-order valence-electron chi connectivity index (χ0n) is 13.4. The van der Waals surface area contributed by atoms with Crippen molar-refractivity contribution in [2.75, 3.05) is 32.1 Å². The van der Waals surface area contributed by atoms with E-state index < -0.39 is 0 Å². The van der Waals surface area contributed by atoms with Crippen molar-refractivity contribution >= 4 is 11.6 Å². The Bertz CT molecular complexity index is 661. The van der Waals surface area contributed by atoms with E-state index in [9.17, 15) is 9.18 Å². The van der Waals surface area contributed by atoms with Crippen LogP contribution in [0.3, 0.4) is 0 Å². The summed E-state index contributed by atoms with van der Waals surface area (Å²) in [5, 5.41) is 2.67. The summed E-state index contributed by atoms with van der Waals surface area (Å²) in [6.07, 6.45) is 0. The van der Waals surface area contributed by atoms with Crippen LogP contribution in [-0.2, 0) is 4.79 Å². The minimum Gasteiger partial charge on any atom is -0.492 e. The van der Waals surface area contributed by atoms with Crippen LogP contribution in [0.25, 0.3) is 0 Å². The summed E-state index contributed by atoms with van der Waals surface area (Å²) in [5.74, 6) is 0.293. The van der Waals surface area contributed by atoms with Crippen molar-refractivity contribution in [1.82, 2.24) is 4.90 Å². The number of amides is 1. The van der Waals surface area contributed by atoms with Gasteiger partial charge in [-0.25, -0.2) is 4.39 Å². The first kappa shape index (κ1) is 17.0. The first-order valence-corrected chi connectivity index (χ1v) is 7.47. The molecule has 0 atom stereocenters. The van der Waals surface area contributed by atoms with Gasteiger partial charge in [0.05, 0.1) is 6.54 Å². The number of ether oxygens (including phenoxy) is 1. The van der Waals surface area contributed by atoms with Gasteiger partial charge in [0.15, 0.2) is 0 Å². The third-order valence-corrected chi connectivity index (χ3v) is 3.35. The second-order valence-corrected chi connectivity index (χ2v) is 5.41. The number of carbonyl (C=O) groups is 1. The van der Waals surface area contributed by atoms with E-state index in [1.54, 1.807) is 12.1 Å². The molecule has 0 radical (unpaired) electrons. The Morgan fingerprint density at radius 2 is 2.00 bits per heavy atom. The third-order valence-electron chi connectivity index (χ3n) is 3.35. The van der Waals surface area contributed by atoms with Gasteiger partial charge in [-0.15, -0.1) is 0 Å². The highest BCUT2D eigenvalue weighted by Gasteiger charge is 2.08. The summed E-state index contributed by atoms with van der Waals surface area (Å²) in [6.45, 7) is 3.32. The van der Waals surface area contributed by atoms with E-state index in [4.69, 9.17) is 4.74 Å². The molecule has 2 rings (SSSR count). The number of likely N-dealkylation sites (N-methyl/N-ethyl adjacent to an activating group) is 1. The number of hydrogen-bond donors (Lipinski definition) is 1. The molecular weight excluding hydrogens is 295 g/mol. The van der Waals surface area contributed by atoms with Crippen LogP contribution in [-0.4, -0.2) is 37.6 Å². The van der Waals surface area contributed by atoms with Crippen molar-refractivity contribution < 1.29 is 13.9 Å². The van der Waals surface area contributed by atoms with Crippen LogP contribution in [0.2, 0.25) is 0 Å². The second-order valence-electron chi connectivity index (χ2n) is 5.41. The van der Waals surface area contributed by atoms with E-state index in [0.29, 0.717) is 18.8 Å². The Morgan fingerprint density at radius 3 is 2.74 bits per heavy atom. The molecule has 1 amide bonds. The van der Waals surface area contributed by atoms with Gasteiger partial charge < -0.3 is 10.1 Å². The number of nitrogens with zero attached hydrogens (tertiary/aromatic N) is 1. The molecule has 0 fully saturated rings. The number of rotatable bonds is 7. The minimum atomic E-state index is -0.372. The molecule has 0 aliphatic carbocycles. The molecule has 2 aromatic carbocycles. The van der Waals surface area contributed by atoms with Gasteiger partial charge in [-0.05, 0) is 43.8 Å². The van der Waals surface area contributed by atoms with Crippen LogP contribution < -0.4 is 10.1 Å². The fourth-order valence-corrected chi connectivity index (χ4v) is 2.12. The number of carbonyl (C=O) groups excluding carboxylic acids is 1. The van der Waals surface area contributed by atoms with Gasteiger partial charge in [0.2, 0.25) is 5.91 Å². The zero-order chi connectivity index (χ0) is 16.7. The predicted octanol–water partition coefficient (Wildman–Crippen LogP) is 3.08. The lowest BCUT2D eigenvalue weighted by Gasteiger charge is -2.17. The SMILES string of the molecule is Cc1ccccc1OCCN(C)CC(=O)Nc1cccc(F)c1. The summed E-state index contributed by atoms with van der Waals surface area (Å²) in [4.78, 5) is 13.8. The van der Waals surface area contributed by atoms with Gasteiger partial charge >= 0.3 is 0 Å². The van der Waals surface area contributed by atoms with Crippen LogP contribution in [0.4, 0.5) is 10.1 Å². The van der Waals surface area contributed by atoms with Gasteiger partial charge in [0.1, 0.15) is 18.2 Å².